The molecule has 108 valence electrons. The van der Waals surface area contributed by atoms with Crippen LogP contribution in [0.2, 0.25) is 0 Å². The van der Waals surface area contributed by atoms with Gasteiger partial charge in [0.05, 0.1) is 0 Å². The van der Waals surface area contributed by atoms with Crippen LogP contribution < -0.4 is 10.2 Å². The maximum atomic E-state index is 4.51. The van der Waals surface area contributed by atoms with Crippen molar-refractivity contribution in [3.05, 3.63) is 47.0 Å². The Kier molecular flexibility index (Phi) is 5.56. The lowest BCUT2D eigenvalue weighted by Gasteiger charge is -2.15. The summed E-state index contributed by atoms with van der Waals surface area (Å²) in [7, 11) is 2.09. The molecule has 0 saturated carbocycles. The van der Waals surface area contributed by atoms with Crippen molar-refractivity contribution in [3.63, 3.8) is 0 Å². The highest BCUT2D eigenvalue weighted by molar-refractivity contribution is 7.15. The number of hydrogen-bond donors (Lipinski definition) is 1. The van der Waals surface area contributed by atoms with Crippen LogP contribution in [0.4, 0.5) is 5.13 Å². The maximum absolute atomic E-state index is 4.51. The van der Waals surface area contributed by atoms with Crippen molar-refractivity contribution in [1.82, 2.24) is 10.3 Å². The molecule has 0 spiro atoms. The van der Waals surface area contributed by atoms with Gasteiger partial charge in [0.15, 0.2) is 5.13 Å². The highest BCUT2D eigenvalue weighted by Crippen LogP contribution is 2.22. The molecule has 3 nitrogen and oxygen atoms in total. The van der Waals surface area contributed by atoms with E-state index in [1.54, 1.807) is 11.3 Å². The molecule has 0 unspecified atom stereocenters. The highest BCUT2D eigenvalue weighted by atomic mass is 32.1. The minimum Gasteiger partial charge on any atom is -0.347 e. The third-order valence-corrected chi connectivity index (χ3v) is 4.09. The molecule has 0 bridgehead atoms. The van der Waals surface area contributed by atoms with Crippen LogP contribution in [-0.2, 0) is 13.1 Å². The molecule has 2 aromatic rings. The Bertz CT molecular complexity index is 507. The summed E-state index contributed by atoms with van der Waals surface area (Å²) in [6.07, 6.45) is 1.98. The zero-order chi connectivity index (χ0) is 14.4. The lowest BCUT2D eigenvalue weighted by Crippen LogP contribution is -2.18. The van der Waals surface area contributed by atoms with E-state index in [4.69, 9.17) is 0 Å². The van der Waals surface area contributed by atoms with Gasteiger partial charge in [-0.2, -0.15) is 0 Å². The van der Waals surface area contributed by atoms with E-state index in [1.807, 2.05) is 12.3 Å². The topological polar surface area (TPSA) is 28.2 Å². The van der Waals surface area contributed by atoms with Gasteiger partial charge in [-0.15, -0.1) is 11.3 Å². The molecular weight excluding hydrogens is 266 g/mol. The number of hydrogen-bond acceptors (Lipinski definition) is 4. The summed E-state index contributed by atoms with van der Waals surface area (Å²) in [6.45, 7) is 7.30. The largest absolute Gasteiger partial charge is 0.347 e. The van der Waals surface area contributed by atoms with Gasteiger partial charge in [-0.25, -0.2) is 4.98 Å². The van der Waals surface area contributed by atoms with Gasteiger partial charge in [-0.05, 0) is 18.0 Å². The van der Waals surface area contributed by atoms with Crippen molar-refractivity contribution in [1.29, 1.82) is 0 Å². The number of rotatable bonds is 7. The number of aromatic nitrogens is 1. The quantitative estimate of drug-likeness (QED) is 0.845. The molecule has 2 rings (SSSR count). The molecule has 0 radical (unpaired) electrons. The highest BCUT2D eigenvalue weighted by Gasteiger charge is 2.07. The third-order valence-electron chi connectivity index (χ3n) is 2.98. The first kappa shape index (κ1) is 15.0. The van der Waals surface area contributed by atoms with Crippen LogP contribution in [0.25, 0.3) is 0 Å². The van der Waals surface area contributed by atoms with E-state index in [0.29, 0.717) is 5.92 Å². The predicted octanol–water partition coefficient (Wildman–Crippen LogP) is 3.53. The molecular formula is C16H23N3S. The normalized spacial score (nSPS) is 11.0. The van der Waals surface area contributed by atoms with Crippen LogP contribution in [0.5, 0.6) is 0 Å². The van der Waals surface area contributed by atoms with E-state index in [0.717, 1.165) is 24.8 Å². The van der Waals surface area contributed by atoms with E-state index < -0.39 is 0 Å². The minimum atomic E-state index is 0.683. The van der Waals surface area contributed by atoms with Crippen molar-refractivity contribution in [2.75, 3.05) is 18.5 Å². The Morgan fingerprint density at radius 3 is 2.70 bits per heavy atom. The summed E-state index contributed by atoms with van der Waals surface area (Å²) in [4.78, 5) is 8.01. The van der Waals surface area contributed by atoms with Crippen molar-refractivity contribution in [2.24, 2.45) is 5.92 Å². The molecule has 20 heavy (non-hydrogen) atoms. The minimum absolute atomic E-state index is 0.683. The Morgan fingerprint density at radius 1 is 1.25 bits per heavy atom. The average molecular weight is 289 g/mol. The van der Waals surface area contributed by atoms with E-state index >= 15 is 0 Å². The first-order valence-corrected chi connectivity index (χ1v) is 7.87. The molecule has 0 aliphatic carbocycles. The average Bonchev–Trinajstić information content (AvgIpc) is 2.88. The summed E-state index contributed by atoms with van der Waals surface area (Å²) in [5.74, 6) is 0.683. The molecule has 0 saturated heterocycles. The molecule has 4 heteroatoms. The van der Waals surface area contributed by atoms with Crippen LogP contribution in [0.15, 0.2) is 36.5 Å². The smallest absolute Gasteiger partial charge is 0.185 e. The molecule has 1 N–H and O–H groups in total. The number of thiazole rings is 1. The van der Waals surface area contributed by atoms with Gasteiger partial charge in [-0.1, -0.05) is 44.2 Å². The second-order valence-corrected chi connectivity index (χ2v) is 6.57. The second-order valence-electron chi connectivity index (χ2n) is 5.48. The van der Waals surface area contributed by atoms with Crippen LogP contribution in [0.3, 0.4) is 0 Å². The van der Waals surface area contributed by atoms with Crippen molar-refractivity contribution in [3.8, 4) is 0 Å². The van der Waals surface area contributed by atoms with E-state index in [9.17, 15) is 0 Å². The van der Waals surface area contributed by atoms with Gasteiger partial charge < -0.3 is 10.2 Å². The zero-order valence-corrected chi connectivity index (χ0v) is 13.3. The number of anilines is 1. The van der Waals surface area contributed by atoms with Gasteiger partial charge in [-0.3, -0.25) is 0 Å². The van der Waals surface area contributed by atoms with E-state index in [-0.39, 0.29) is 0 Å². The van der Waals surface area contributed by atoms with Gasteiger partial charge in [0.2, 0.25) is 0 Å². The van der Waals surface area contributed by atoms with E-state index in [1.165, 1.54) is 10.4 Å². The molecule has 1 aromatic heterocycles. The molecule has 1 heterocycles. The summed E-state index contributed by atoms with van der Waals surface area (Å²) >= 11 is 1.76. The number of benzene rings is 1. The SMILES string of the molecule is CC(C)CNCc1cnc(N(C)Cc2ccccc2)s1. The van der Waals surface area contributed by atoms with E-state index in [2.05, 4.69) is 60.4 Å². The van der Waals surface area contributed by atoms with Crippen molar-refractivity contribution < 1.29 is 0 Å². The summed E-state index contributed by atoms with van der Waals surface area (Å²) in [5.41, 5.74) is 1.31. The van der Waals surface area contributed by atoms with Gasteiger partial charge in [0, 0.05) is 31.2 Å². The lowest BCUT2D eigenvalue weighted by atomic mass is 10.2. The summed E-state index contributed by atoms with van der Waals surface area (Å²) in [5, 5.41) is 4.53. The zero-order valence-electron chi connectivity index (χ0n) is 12.5. The Balaban J connectivity index is 1.88. The summed E-state index contributed by atoms with van der Waals surface area (Å²) in [6, 6.07) is 10.5. The standard InChI is InChI=1S/C16H23N3S/c1-13(2)9-17-10-15-11-18-16(20-15)19(3)12-14-7-5-4-6-8-14/h4-8,11,13,17H,9-10,12H2,1-3H3. The third kappa shape index (κ3) is 4.62. The molecule has 0 amide bonds. The van der Waals surface area contributed by atoms with Gasteiger partial charge in [0.1, 0.15) is 0 Å². The Labute approximate surface area is 125 Å². The maximum Gasteiger partial charge on any atom is 0.185 e. The van der Waals surface area contributed by atoms with Crippen molar-refractivity contribution in [2.45, 2.75) is 26.9 Å². The second kappa shape index (κ2) is 7.41. The fourth-order valence-electron chi connectivity index (χ4n) is 1.96. The van der Waals surface area contributed by atoms with Gasteiger partial charge >= 0.3 is 0 Å². The number of nitrogens with one attached hydrogen (secondary N) is 1. The Morgan fingerprint density at radius 2 is 2.00 bits per heavy atom. The molecule has 0 aliphatic heterocycles. The summed E-state index contributed by atoms with van der Waals surface area (Å²) < 4.78 is 0. The van der Waals surface area contributed by atoms with Crippen molar-refractivity contribution >= 4 is 16.5 Å². The molecule has 0 atom stereocenters. The van der Waals surface area contributed by atoms with Gasteiger partial charge in [0.25, 0.3) is 0 Å². The number of nitrogens with zero attached hydrogens (tertiary/aromatic N) is 2. The Hall–Kier alpha value is -1.39. The van der Waals surface area contributed by atoms with Crippen LogP contribution in [0, 0.1) is 5.92 Å². The fourth-order valence-corrected chi connectivity index (χ4v) is 2.80. The monoisotopic (exact) mass is 289 g/mol. The molecule has 0 aliphatic rings. The molecule has 0 fully saturated rings. The first-order valence-electron chi connectivity index (χ1n) is 7.05. The van der Waals surface area contributed by atoms with Crippen LogP contribution in [0.1, 0.15) is 24.3 Å². The van der Waals surface area contributed by atoms with Crippen LogP contribution in [-0.4, -0.2) is 18.6 Å². The van der Waals surface area contributed by atoms with Crippen LogP contribution >= 0.6 is 11.3 Å². The first-order chi connectivity index (χ1) is 9.65. The molecule has 1 aromatic carbocycles. The fraction of sp³-hybridized carbons (Fsp3) is 0.438. The lowest BCUT2D eigenvalue weighted by molar-refractivity contribution is 0.554. The predicted molar refractivity (Wildman–Crippen MR) is 87.2 cm³/mol.